The number of amides is 1. The lowest BCUT2D eigenvalue weighted by atomic mass is 10.0. The van der Waals surface area contributed by atoms with Gasteiger partial charge in [-0.15, -0.1) is 0 Å². The third kappa shape index (κ3) is 3.88. The molecule has 0 spiro atoms. The zero-order valence-corrected chi connectivity index (χ0v) is 13.1. The second-order valence-electron chi connectivity index (χ2n) is 6.15. The number of carbonyl (C=O) groups excluding carboxylic acids is 1. The van der Waals surface area contributed by atoms with Crippen LogP contribution in [0.4, 0.5) is 11.4 Å². The fourth-order valence-electron chi connectivity index (χ4n) is 2.81. The number of nitrogens with zero attached hydrogens (tertiary/aromatic N) is 1. The van der Waals surface area contributed by atoms with E-state index in [-0.39, 0.29) is 11.4 Å². The van der Waals surface area contributed by atoms with Crippen molar-refractivity contribution in [2.45, 2.75) is 38.6 Å². The Morgan fingerprint density at radius 1 is 1.48 bits per heavy atom. The van der Waals surface area contributed by atoms with Crippen molar-refractivity contribution >= 4 is 17.3 Å². The molecule has 1 saturated heterocycles. The van der Waals surface area contributed by atoms with Crippen molar-refractivity contribution in [1.29, 1.82) is 0 Å². The van der Waals surface area contributed by atoms with Crippen molar-refractivity contribution in [1.82, 2.24) is 4.90 Å². The van der Waals surface area contributed by atoms with Gasteiger partial charge in [0.05, 0.1) is 18.5 Å². The van der Waals surface area contributed by atoms with Crippen LogP contribution in [0.25, 0.3) is 0 Å². The van der Waals surface area contributed by atoms with Gasteiger partial charge in [0, 0.05) is 24.6 Å². The lowest BCUT2D eigenvalue weighted by molar-refractivity contribution is -0.116. The highest BCUT2D eigenvalue weighted by atomic mass is 16.5. The van der Waals surface area contributed by atoms with E-state index in [1.807, 2.05) is 0 Å². The smallest absolute Gasteiger partial charge is 0.225 e. The number of anilines is 2. The van der Waals surface area contributed by atoms with Crippen LogP contribution in [0.5, 0.6) is 5.75 Å². The van der Waals surface area contributed by atoms with E-state index in [4.69, 9.17) is 10.5 Å². The molecule has 1 aromatic rings. The quantitative estimate of drug-likeness (QED) is 0.818. The zero-order chi connectivity index (χ0) is 15.5. The molecule has 2 rings (SSSR count). The van der Waals surface area contributed by atoms with Crippen molar-refractivity contribution in [3.63, 3.8) is 0 Å². The first-order chi connectivity index (χ1) is 9.92. The van der Waals surface area contributed by atoms with Gasteiger partial charge in [-0.05, 0) is 45.4 Å². The van der Waals surface area contributed by atoms with Crippen LogP contribution in [0.2, 0.25) is 0 Å². The molecule has 1 amide bonds. The van der Waals surface area contributed by atoms with Crippen LogP contribution >= 0.6 is 0 Å². The number of hydrogen-bond donors (Lipinski definition) is 2. The highest BCUT2D eigenvalue weighted by Crippen LogP contribution is 2.28. The summed E-state index contributed by atoms with van der Waals surface area (Å²) in [6, 6.07) is 5.26. The first-order valence-corrected chi connectivity index (χ1v) is 7.41. The fraction of sp³-hybridized carbons (Fsp3) is 0.562. The number of ether oxygens (including phenoxy) is 1. The number of hydrogen-bond acceptors (Lipinski definition) is 4. The summed E-state index contributed by atoms with van der Waals surface area (Å²) >= 11 is 0. The van der Waals surface area contributed by atoms with Crippen molar-refractivity contribution in [2.75, 3.05) is 31.2 Å². The minimum Gasteiger partial charge on any atom is -0.497 e. The zero-order valence-electron chi connectivity index (χ0n) is 13.1. The highest BCUT2D eigenvalue weighted by molar-refractivity contribution is 5.94. The highest BCUT2D eigenvalue weighted by Gasteiger charge is 2.31. The molecule has 1 aliphatic heterocycles. The van der Waals surface area contributed by atoms with Gasteiger partial charge in [-0.2, -0.15) is 0 Å². The molecule has 0 atom stereocenters. The number of nitrogen functional groups attached to an aromatic ring is 1. The Morgan fingerprint density at radius 2 is 2.24 bits per heavy atom. The molecule has 1 aliphatic rings. The number of carbonyl (C=O) groups is 1. The van der Waals surface area contributed by atoms with Crippen molar-refractivity contribution < 1.29 is 9.53 Å². The van der Waals surface area contributed by atoms with Crippen LogP contribution in [0, 0.1) is 0 Å². The van der Waals surface area contributed by atoms with Crippen LogP contribution in [0.15, 0.2) is 18.2 Å². The number of nitrogens with two attached hydrogens (primary N) is 1. The summed E-state index contributed by atoms with van der Waals surface area (Å²) in [6.07, 6.45) is 2.88. The van der Waals surface area contributed by atoms with Gasteiger partial charge in [-0.3, -0.25) is 9.69 Å². The number of likely N-dealkylation sites (tertiary alicyclic amines) is 1. The monoisotopic (exact) mass is 291 g/mol. The summed E-state index contributed by atoms with van der Waals surface area (Å²) in [5.74, 6) is 0.680. The second-order valence-corrected chi connectivity index (χ2v) is 6.15. The fourth-order valence-corrected chi connectivity index (χ4v) is 2.81. The molecule has 3 N–H and O–H groups in total. The summed E-state index contributed by atoms with van der Waals surface area (Å²) in [4.78, 5) is 14.4. The van der Waals surface area contributed by atoms with Gasteiger partial charge in [0.15, 0.2) is 0 Å². The molecular formula is C16H25N3O2. The van der Waals surface area contributed by atoms with Gasteiger partial charge in [0.25, 0.3) is 0 Å². The van der Waals surface area contributed by atoms with Crippen molar-refractivity contribution in [3.05, 3.63) is 18.2 Å². The van der Waals surface area contributed by atoms with E-state index < -0.39 is 0 Å². The van der Waals surface area contributed by atoms with E-state index in [1.165, 1.54) is 12.8 Å². The van der Waals surface area contributed by atoms with E-state index >= 15 is 0 Å². The first kappa shape index (κ1) is 15.6. The lowest BCUT2D eigenvalue weighted by Gasteiger charge is -2.31. The molecule has 1 aromatic carbocycles. The number of methoxy groups -OCH3 is 1. The predicted octanol–water partition coefficient (Wildman–Crippen LogP) is 2.48. The topological polar surface area (TPSA) is 67.6 Å². The molecule has 5 heteroatoms. The normalized spacial score (nSPS) is 17.7. The number of benzene rings is 1. The summed E-state index contributed by atoms with van der Waals surface area (Å²) in [5.41, 5.74) is 7.27. The van der Waals surface area contributed by atoms with Gasteiger partial charge in [-0.1, -0.05) is 0 Å². The van der Waals surface area contributed by atoms with Crippen molar-refractivity contribution in [3.8, 4) is 5.75 Å². The van der Waals surface area contributed by atoms with Crippen molar-refractivity contribution in [2.24, 2.45) is 0 Å². The molecular weight excluding hydrogens is 266 g/mol. The van der Waals surface area contributed by atoms with Gasteiger partial charge in [-0.25, -0.2) is 0 Å². The number of nitrogens with one attached hydrogen (secondary N) is 1. The Hall–Kier alpha value is -1.75. The maximum atomic E-state index is 12.1. The molecule has 0 bridgehead atoms. The molecule has 0 aliphatic carbocycles. The number of rotatable bonds is 5. The van der Waals surface area contributed by atoms with Crippen LogP contribution in [0.3, 0.4) is 0 Å². The Morgan fingerprint density at radius 3 is 2.81 bits per heavy atom. The Balaban J connectivity index is 1.87. The molecule has 116 valence electrons. The Bertz CT molecular complexity index is 514. The molecule has 0 saturated carbocycles. The maximum absolute atomic E-state index is 12.1. The maximum Gasteiger partial charge on any atom is 0.225 e. The van der Waals surface area contributed by atoms with E-state index in [1.54, 1.807) is 25.3 Å². The molecule has 0 radical (unpaired) electrons. The van der Waals surface area contributed by atoms with Crippen LogP contribution < -0.4 is 15.8 Å². The Kier molecular flexibility index (Phi) is 4.73. The molecule has 21 heavy (non-hydrogen) atoms. The average Bonchev–Trinajstić information content (AvgIpc) is 2.77. The lowest BCUT2D eigenvalue weighted by Crippen LogP contribution is -2.39. The second kappa shape index (κ2) is 6.35. The molecule has 0 unspecified atom stereocenters. The van der Waals surface area contributed by atoms with Gasteiger partial charge < -0.3 is 15.8 Å². The van der Waals surface area contributed by atoms with Gasteiger partial charge in [0.2, 0.25) is 5.91 Å². The largest absolute Gasteiger partial charge is 0.497 e. The van der Waals surface area contributed by atoms with E-state index in [0.29, 0.717) is 23.5 Å². The van der Waals surface area contributed by atoms with Crippen LogP contribution in [0.1, 0.15) is 33.1 Å². The summed E-state index contributed by atoms with van der Waals surface area (Å²) in [6.45, 7) is 6.33. The standard InChI is InChI=1S/C16H25N3O2/c1-16(2)8-4-9-19(16)10-7-15(20)18-14-6-5-12(21-3)11-13(14)17/h5-6,11H,4,7-10,17H2,1-3H3,(H,18,20). The summed E-state index contributed by atoms with van der Waals surface area (Å²) in [5, 5.41) is 2.87. The molecule has 0 aromatic heterocycles. The SMILES string of the molecule is COc1ccc(NC(=O)CCN2CCCC2(C)C)c(N)c1. The minimum atomic E-state index is -0.00503. The summed E-state index contributed by atoms with van der Waals surface area (Å²) < 4.78 is 5.09. The van der Waals surface area contributed by atoms with Gasteiger partial charge in [0.1, 0.15) is 5.75 Å². The minimum absolute atomic E-state index is 0.00503. The molecule has 1 fully saturated rings. The van der Waals surface area contributed by atoms with E-state index in [0.717, 1.165) is 13.1 Å². The molecule has 5 nitrogen and oxygen atoms in total. The third-order valence-electron chi connectivity index (χ3n) is 4.21. The van der Waals surface area contributed by atoms with E-state index in [2.05, 4.69) is 24.1 Å². The predicted molar refractivity (Wildman–Crippen MR) is 85.5 cm³/mol. The Labute approximate surface area is 126 Å². The van der Waals surface area contributed by atoms with E-state index in [9.17, 15) is 4.79 Å². The van der Waals surface area contributed by atoms with Gasteiger partial charge >= 0.3 is 0 Å². The average molecular weight is 291 g/mol. The van der Waals surface area contributed by atoms with Crippen LogP contribution in [-0.2, 0) is 4.79 Å². The molecule has 1 heterocycles. The van der Waals surface area contributed by atoms with Crippen LogP contribution in [-0.4, -0.2) is 36.5 Å². The summed E-state index contributed by atoms with van der Waals surface area (Å²) in [7, 11) is 1.59. The first-order valence-electron chi connectivity index (χ1n) is 7.41. The third-order valence-corrected chi connectivity index (χ3v) is 4.21.